The minimum atomic E-state index is 0. The van der Waals surface area contributed by atoms with Gasteiger partial charge in [0.25, 0.3) is 0 Å². The molecular formula is C40H48N6O2Zn. The second-order valence-corrected chi connectivity index (χ2v) is 12.2. The molecule has 0 saturated carbocycles. The molecule has 0 unspecified atom stereocenters. The van der Waals surface area contributed by atoms with E-state index in [-0.39, 0.29) is 19.5 Å². The molecule has 2 N–H and O–H groups in total. The first-order chi connectivity index (χ1) is 23.4. The summed E-state index contributed by atoms with van der Waals surface area (Å²) in [6.07, 6.45) is 25.1. The van der Waals surface area contributed by atoms with E-state index in [1.54, 1.807) is 26.6 Å². The number of H-pyrrole nitrogens is 2. The van der Waals surface area contributed by atoms with Crippen LogP contribution in [0.4, 0.5) is 0 Å². The van der Waals surface area contributed by atoms with E-state index in [0.717, 1.165) is 79.9 Å². The standard InChI is InChI=1S/2C20H24N3O.Zn/c2*1-4-5-6-8-15-11-16(22-14(15)2)12-19-20(24-3)13-18(23-19)17-9-7-10-21-17;/h2*7,9-13,23H,4-6,8H2,1-3H3;/q2*-1;+2. The first-order valence-corrected chi connectivity index (χ1v) is 17.1. The van der Waals surface area contributed by atoms with Gasteiger partial charge in [-0.3, -0.25) is 9.98 Å². The molecule has 0 bridgehead atoms. The predicted molar refractivity (Wildman–Crippen MR) is 198 cm³/mol. The van der Waals surface area contributed by atoms with Gasteiger partial charge in [0.15, 0.2) is 0 Å². The first-order valence-electron chi connectivity index (χ1n) is 17.1. The normalized spacial score (nSPS) is 16.0. The van der Waals surface area contributed by atoms with Crippen molar-refractivity contribution in [3.05, 3.63) is 104 Å². The summed E-state index contributed by atoms with van der Waals surface area (Å²) < 4.78 is 11.0. The fourth-order valence-corrected chi connectivity index (χ4v) is 5.89. The Morgan fingerprint density at radius 2 is 1.08 bits per heavy atom. The number of ether oxygens (including phenoxy) is 2. The van der Waals surface area contributed by atoms with E-state index < -0.39 is 0 Å². The van der Waals surface area contributed by atoms with Crippen LogP contribution in [-0.4, -0.2) is 36.6 Å². The van der Waals surface area contributed by atoms with Crippen LogP contribution in [0.1, 0.15) is 86.3 Å². The van der Waals surface area contributed by atoms with Gasteiger partial charge in [-0.1, -0.05) is 76.6 Å². The molecule has 4 aromatic heterocycles. The van der Waals surface area contributed by atoms with E-state index in [4.69, 9.17) is 9.47 Å². The van der Waals surface area contributed by atoms with Crippen molar-refractivity contribution in [2.24, 2.45) is 9.98 Å². The largest absolute Gasteiger partial charge is 2.00 e. The molecule has 2 aliphatic heterocycles. The number of hydrogen-bond acceptors (Lipinski definition) is 4. The number of aliphatic imine (C=N–C) groups is 2. The third-order valence-corrected chi connectivity index (χ3v) is 8.57. The van der Waals surface area contributed by atoms with Gasteiger partial charge in [-0.05, 0) is 62.1 Å². The van der Waals surface area contributed by atoms with Gasteiger partial charge in [0.05, 0.1) is 47.0 Å². The fourth-order valence-electron chi connectivity index (χ4n) is 5.89. The average Bonchev–Trinajstić information content (AvgIpc) is 3.93. The third kappa shape index (κ3) is 9.85. The number of nitrogens with one attached hydrogen (secondary N) is 2. The summed E-state index contributed by atoms with van der Waals surface area (Å²) >= 11 is 0. The van der Waals surface area contributed by atoms with E-state index in [0.29, 0.717) is 0 Å². The van der Waals surface area contributed by atoms with Crippen LogP contribution < -0.4 is 40.8 Å². The van der Waals surface area contributed by atoms with Crippen LogP contribution in [0.3, 0.4) is 0 Å². The van der Waals surface area contributed by atoms with Crippen molar-refractivity contribution in [2.75, 3.05) is 14.2 Å². The van der Waals surface area contributed by atoms with Crippen LogP contribution in [0.15, 0.2) is 58.6 Å². The Labute approximate surface area is 302 Å². The van der Waals surface area contributed by atoms with E-state index in [9.17, 15) is 0 Å². The molecule has 0 radical (unpaired) electrons. The molecule has 0 fully saturated rings. The van der Waals surface area contributed by atoms with Gasteiger partial charge in [-0.25, -0.2) is 0 Å². The molecule has 0 aromatic carbocycles. The maximum Gasteiger partial charge on any atom is 2.00 e. The fraction of sp³-hybridized carbons (Fsp3) is 0.350. The monoisotopic (exact) mass is 708 g/mol. The Morgan fingerprint density at radius 1 is 0.653 bits per heavy atom. The van der Waals surface area contributed by atoms with Crippen LogP contribution in [0.25, 0.3) is 23.5 Å². The summed E-state index contributed by atoms with van der Waals surface area (Å²) in [5.74, 6) is 1.61. The van der Waals surface area contributed by atoms with Crippen LogP contribution in [-0.2, 0) is 32.3 Å². The third-order valence-electron chi connectivity index (χ3n) is 8.57. The SMILES string of the molecule is CCCCCc1cc(C=c2[nH]c(=C3C=CC=N3)cc2OC)[n-]c1C.CCCCCc1cc(C=c2[nH]c(=C3C=CC=N3)cc2OC)[n-]c1C.[Zn+2]. The molecule has 0 spiro atoms. The van der Waals surface area contributed by atoms with Gasteiger partial charge in [0.2, 0.25) is 0 Å². The van der Waals surface area contributed by atoms with Gasteiger partial charge in [0.1, 0.15) is 11.5 Å². The minimum absolute atomic E-state index is 0. The molecule has 6 heterocycles. The Kier molecular flexibility index (Phi) is 14.1. The van der Waals surface area contributed by atoms with Crippen LogP contribution in [0.2, 0.25) is 0 Å². The van der Waals surface area contributed by atoms with Gasteiger partial charge in [-0.2, -0.15) is 11.4 Å². The zero-order valence-corrected chi connectivity index (χ0v) is 32.9. The van der Waals surface area contributed by atoms with E-state index in [1.807, 2.05) is 48.6 Å². The maximum absolute atomic E-state index is 5.49. The number of methoxy groups -OCH3 is 2. The number of aromatic nitrogens is 4. The van der Waals surface area contributed by atoms with Crippen LogP contribution in [0, 0.1) is 13.8 Å². The topological polar surface area (TPSA) is 103 Å². The molecule has 0 saturated heterocycles. The van der Waals surface area contributed by atoms with Gasteiger partial charge >= 0.3 is 19.5 Å². The number of allylic oxidation sites excluding steroid dienone is 2. The molecule has 252 valence electrons. The molecule has 8 nitrogen and oxygen atoms in total. The predicted octanol–water partition coefficient (Wildman–Crippen LogP) is 5.20. The number of aryl methyl sites for hydroxylation is 4. The van der Waals surface area contributed by atoms with Crippen LogP contribution >= 0.6 is 0 Å². The Balaban J connectivity index is 0.000000216. The summed E-state index contributed by atoms with van der Waals surface area (Å²) in [5, 5.41) is 3.75. The molecule has 6 rings (SSSR count). The number of nitrogens with zero attached hydrogens (tertiary/aromatic N) is 4. The molecule has 0 amide bonds. The number of aromatic amines is 2. The summed E-state index contributed by atoms with van der Waals surface area (Å²) in [5.41, 5.74) is 8.72. The first kappa shape index (κ1) is 37.5. The van der Waals surface area contributed by atoms with Gasteiger partial charge in [-0.15, -0.1) is 11.4 Å². The Morgan fingerprint density at radius 3 is 1.43 bits per heavy atom. The quantitative estimate of drug-likeness (QED) is 0.156. The molecule has 2 aliphatic rings. The van der Waals surface area contributed by atoms with E-state index >= 15 is 0 Å². The maximum atomic E-state index is 5.49. The summed E-state index contributed by atoms with van der Waals surface area (Å²) in [4.78, 5) is 24.8. The van der Waals surface area contributed by atoms with E-state index in [1.165, 1.54) is 49.7 Å². The van der Waals surface area contributed by atoms with Gasteiger partial charge in [0, 0.05) is 24.6 Å². The van der Waals surface area contributed by atoms with Crippen LogP contribution in [0.5, 0.6) is 11.5 Å². The van der Waals surface area contributed by atoms with Crippen molar-refractivity contribution in [2.45, 2.75) is 79.1 Å². The average molecular weight is 710 g/mol. The van der Waals surface area contributed by atoms with Gasteiger partial charge < -0.3 is 29.4 Å². The number of hydrogen-bond donors (Lipinski definition) is 2. The number of rotatable bonds is 12. The molecular weight excluding hydrogens is 662 g/mol. The summed E-state index contributed by atoms with van der Waals surface area (Å²) in [6, 6.07) is 8.33. The molecule has 49 heavy (non-hydrogen) atoms. The summed E-state index contributed by atoms with van der Waals surface area (Å²) in [7, 11) is 3.37. The number of unbranched alkanes of at least 4 members (excludes halogenated alkanes) is 4. The van der Waals surface area contributed by atoms with Crippen molar-refractivity contribution in [1.82, 2.24) is 19.9 Å². The molecule has 9 heteroatoms. The van der Waals surface area contributed by atoms with Crippen molar-refractivity contribution in [1.29, 1.82) is 0 Å². The molecule has 0 atom stereocenters. The second kappa shape index (κ2) is 18.4. The van der Waals surface area contributed by atoms with Crippen molar-refractivity contribution in [3.63, 3.8) is 0 Å². The van der Waals surface area contributed by atoms with Crippen molar-refractivity contribution in [3.8, 4) is 11.5 Å². The molecule has 0 aliphatic carbocycles. The van der Waals surface area contributed by atoms with Crippen molar-refractivity contribution < 1.29 is 29.0 Å². The van der Waals surface area contributed by atoms with Crippen molar-refractivity contribution >= 4 is 36.0 Å². The second-order valence-electron chi connectivity index (χ2n) is 12.2. The Bertz CT molecular complexity index is 1890. The zero-order valence-electron chi connectivity index (χ0n) is 29.9. The zero-order chi connectivity index (χ0) is 33.9. The minimum Gasteiger partial charge on any atom is -0.661 e. The smallest absolute Gasteiger partial charge is 0.661 e. The van der Waals surface area contributed by atoms with E-state index in [2.05, 4.69) is 69.7 Å². The summed E-state index contributed by atoms with van der Waals surface area (Å²) in [6.45, 7) is 8.63. The Hall–Kier alpha value is -4.36. The molecule has 4 aromatic rings.